The average Bonchev–Trinajstić information content (AvgIpc) is 2.64. The highest BCUT2D eigenvalue weighted by atomic mass is 35.5. The summed E-state index contributed by atoms with van der Waals surface area (Å²) in [4.78, 5) is 12.5. The second-order valence-electron chi connectivity index (χ2n) is 6.60. The zero-order valence-electron chi connectivity index (χ0n) is 15.2. The number of fused-ring (bicyclic) bond motifs is 1. The fourth-order valence-electron chi connectivity index (χ4n) is 3.38. The Morgan fingerprint density at radius 2 is 1.81 bits per heavy atom. The molecule has 1 aliphatic rings. The summed E-state index contributed by atoms with van der Waals surface area (Å²) in [6.45, 7) is 3.42. The molecule has 144 valence electrons. The number of rotatable bonds is 3. The van der Waals surface area contributed by atoms with Gasteiger partial charge in [0.2, 0.25) is 15.9 Å². The second kappa shape index (κ2) is 7.43. The highest BCUT2D eigenvalue weighted by molar-refractivity contribution is 7.89. The van der Waals surface area contributed by atoms with Crippen LogP contribution in [-0.2, 0) is 27.8 Å². The van der Waals surface area contributed by atoms with Crippen LogP contribution >= 0.6 is 23.2 Å². The van der Waals surface area contributed by atoms with Gasteiger partial charge in [0, 0.05) is 18.6 Å². The van der Waals surface area contributed by atoms with Crippen molar-refractivity contribution in [1.82, 2.24) is 9.62 Å². The number of benzene rings is 2. The molecule has 0 bridgehead atoms. The molecule has 0 spiro atoms. The van der Waals surface area contributed by atoms with E-state index >= 15 is 0 Å². The molecule has 0 aliphatic carbocycles. The normalized spacial score (nSPS) is 17.4. The predicted octanol–water partition coefficient (Wildman–Crippen LogP) is 3.47. The van der Waals surface area contributed by atoms with Gasteiger partial charge in [-0.15, -0.1) is 0 Å². The Labute approximate surface area is 169 Å². The van der Waals surface area contributed by atoms with E-state index in [0.717, 1.165) is 11.1 Å². The summed E-state index contributed by atoms with van der Waals surface area (Å²) in [5.74, 6) is -0.361. The molecule has 5 nitrogen and oxygen atoms in total. The lowest BCUT2D eigenvalue weighted by molar-refractivity contribution is -0.124. The first kappa shape index (κ1) is 20.1. The maximum absolute atomic E-state index is 13.6. The zero-order chi connectivity index (χ0) is 19.9. The molecule has 1 amide bonds. The van der Waals surface area contributed by atoms with Gasteiger partial charge in [-0.3, -0.25) is 4.79 Å². The van der Waals surface area contributed by atoms with Gasteiger partial charge in [-0.2, -0.15) is 4.31 Å². The summed E-state index contributed by atoms with van der Waals surface area (Å²) in [5, 5.41) is 3.02. The predicted molar refractivity (Wildman–Crippen MR) is 107 cm³/mol. The minimum atomic E-state index is -4.06. The van der Waals surface area contributed by atoms with Crippen LogP contribution < -0.4 is 5.32 Å². The average molecular weight is 427 g/mol. The van der Waals surface area contributed by atoms with E-state index in [1.54, 1.807) is 19.9 Å². The first-order chi connectivity index (χ1) is 12.7. The summed E-state index contributed by atoms with van der Waals surface area (Å²) in [6, 6.07) is 8.30. The van der Waals surface area contributed by atoms with Gasteiger partial charge in [0.05, 0.1) is 5.02 Å². The van der Waals surface area contributed by atoms with Crippen LogP contribution in [0, 0.1) is 13.8 Å². The van der Waals surface area contributed by atoms with Crippen molar-refractivity contribution in [2.75, 3.05) is 7.05 Å². The largest absolute Gasteiger partial charge is 0.358 e. The Hall–Kier alpha value is -1.60. The minimum absolute atomic E-state index is 0.0394. The Morgan fingerprint density at radius 1 is 1.19 bits per heavy atom. The van der Waals surface area contributed by atoms with Gasteiger partial charge in [0.25, 0.3) is 0 Å². The molecule has 1 aliphatic heterocycles. The molecule has 0 saturated carbocycles. The number of halogens is 2. The topological polar surface area (TPSA) is 66.5 Å². The molecular formula is C19H20Cl2N2O3S. The van der Waals surface area contributed by atoms with Crippen molar-refractivity contribution in [1.29, 1.82) is 0 Å². The molecular weight excluding hydrogens is 407 g/mol. The lowest BCUT2D eigenvalue weighted by Crippen LogP contribution is -2.51. The molecule has 0 fully saturated rings. The lowest BCUT2D eigenvalue weighted by Gasteiger charge is -2.35. The monoisotopic (exact) mass is 426 g/mol. The second-order valence-corrected chi connectivity index (χ2v) is 9.21. The SMILES string of the molecule is CNC(=O)C1Cc2ccccc2CN1S(=O)(=O)c1c(C)c(Cl)cc(C)c1Cl. The number of carbonyl (C=O) groups is 1. The Bertz CT molecular complexity index is 996. The van der Waals surface area contributed by atoms with Crippen LogP contribution in [0.4, 0.5) is 0 Å². The van der Waals surface area contributed by atoms with E-state index in [9.17, 15) is 13.2 Å². The van der Waals surface area contributed by atoms with Crippen molar-refractivity contribution in [2.24, 2.45) is 0 Å². The van der Waals surface area contributed by atoms with Gasteiger partial charge in [0.1, 0.15) is 10.9 Å². The molecule has 27 heavy (non-hydrogen) atoms. The molecule has 1 N–H and O–H groups in total. The maximum Gasteiger partial charge on any atom is 0.245 e. The summed E-state index contributed by atoms with van der Waals surface area (Å²) in [6.07, 6.45) is 0.297. The van der Waals surface area contributed by atoms with Crippen LogP contribution in [0.2, 0.25) is 10.0 Å². The van der Waals surface area contributed by atoms with Crippen LogP contribution in [0.5, 0.6) is 0 Å². The highest BCUT2D eigenvalue weighted by Crippen LogP contribution is 2.38. The lowest BCUT2D eigenvalue weighted by atomic mass is 9.95. The molecule has 0 radical (unpaired) electrons. The van der Waals surface area contributed by atoms with Crippen LogP contribution in [0.1, 0.15) is 22.3 Å². The number of hydrogen-bond acceptors (Lipinski definition) is 3. The molecule has 2 aromatic carbocycles. The van der Waals surface area contributed by atoms with Gasteiger partial charge < -0.3 is 5.32 Å². The number of nitrogens with one attached hydrogen (secondary N) is 1. The van der Waals surface area contributed by atoms with Crippen molar-refractivity contribution in [2.45, 2.75) is 37.8 Å². The summed E-state index contributed by atoms with van der Waals surface area (Å²) in [5.41, 5.74) is 2.78. The van der Waals surface area contributed by atoms with Gasteiger partial charge in [-0.1, -0.05) is 47.5 Å². The van der Waals surface area contributed by atoms with E-state index in [1.165, 1.54) is 11.4 Å². The van der Waals surface area contributed by atoms with Crippen molar-refractivity contribution in [3.8, 4) is 0 Å². The van der Waals surface area contributed by atoms with Crippen LogP contribution in [0.25, 0.3) is 0 Å². The van der Waals surface area contributed by atoms with E-state index in [4.69, 9.17) is 23.2 Å². The van der Waals surface area contributed by atoms with E-state index in [2.05, 4.69) is 5.32 Å². The first-order valence-corrected chi connectivity index (χ1v) is 10.6. The van der Waals surface area contributed by atoms with Crippen molar-refractivity contribution >= 4 is 39.1 Å². The third-order valence-corrected chi connectivity index (χ3v) is 7.93. The molecule has 2 aromatic rings. The number of hydrogen-bond donors (Lipinski definition) is 1. The van der Waals surface area contributed by atoms with Gasteiger partial charge in [-0.25, -0.2) is 8.42 Å². The van der Waals surface area contributed by atoms with Crippen LogP contribution in [0.3, 0.4) is 0 Å². The van der Waals surface area contributed by atoms with Crippen LogP contribution in [-0.4, -0.2) is 31.7 Å². The molecule has 1 heterocycles. The number of aryl methyl sites for hydroxylation is 1. The fraction of sp³-hybridized carbons (Fsp3) is 0.316. The van der Waals surface area contributed by atoms with Crippen molar-refractivity contribution in [3.63, 3.8) is 0 Å². The van der Waals surface area contributed by atoms with Gasteiger partial charge >= 0.3 is 0 Å². The van der Waals surface area contributed by atoms with Gasteiger partial charge in [-0.05, 0) is 48.6 Å². The third kappa shape index (κ3) is 3.47. The van der Waals surface area contributed by atoms with E-state index in [-0.39, 0.29) is 22.4 Å². The number of nitrogens with zero attached hydrogens (tertiary/aromatic N) is 1. The summed E-state index contributed by atoms with van der Waals surface area (Å²) >= 11 is 12.6. The molecule has 3 rings (SSSR count). The van der Waals surface area contributed by atoms with E-state index in [0.29, 0.717) is 22.6 Å². The van der Waals surface area contributed by atoms with Crippen molar-refractivity contribution < 1.29 is 13.2 Å². The Balaban J connectivity index is 2.19. The molecule has 0 aromatic heterocycles. The van der Waals surface area contributed by atoms with Gasteiger partial charge in [0.15, 0.2) is 0 Å². The Morgan fingerprint density at radius 3 is 2.44 bits per heavy atom. The van der Waals surface area contributed by atoms with E-state index in [1.807, 2.05) is 24.3 Å². The maximum atomic E-state index is 13.6. The number of sulfonamides is 1. The molecule has 0 saturated heterocycles. The summed E-state index contributed by atoms with van der Waals surface area (Å²) in [7, 11) is -2.56. The fourth-order valence-corrected chi connectivity index (χ4v) is 6.12. The summed E-state index contributed by atoms with van der Waals surface area (Å²) < 4.78 is 28.4. The number of amides is 1. The molecule has 1 atom stereocenters. The quantitative estimate of drug-likeness (QED) is 0.816. The number of carbonyl (C=O) groups excluding carboxylic acids is 1. The zero-order valence-corrected chi connectivity index (χ0v) is 17.5. The minimum Gasteiger partial charge on any atom is -0.358 e. The smallest absolute Gasteiger partial charge is 0.245 e. The van der Waals surface area contributed by atoms with Crippen molar-refractivity contribution in [3.05, 3.63) is 62.6 Å². The van der Waals surface area contributed by atoms with Crippen LogP contribution in [0.15, 0.2) is 35.2 Å². The molecule has 8 heteroatoms. The molecule has 1 unspecified atom stereocenters. The Kier molecular flexibility index (Phi) is 5.54. The van der Waals surface area contributed by atoms with E-state index < -0.39 is 16.1 Å². The highest BCUT2D eigenvalue weighted by Gasteiger charge is 2.41. The standard InChI is InChI=1S/C19H20Cl2N2O3S/c1-11-8-15(20)12(2)18(17(11)21)27(25,26)23-10-14-7-5-4-6-13(14)9-16(23)19(24)22-3/h4-8,16H,9-10H2,1-3H3,(H,22,24). The third-order valence-electron chi connectivity index (χ3n) is 4.91. The number of likely N-dealkylation sites (N-methyl/N-ethyl adjacent to an activating group) is 1. The first-order valence-electron chi connectivity index (χ1n) is 8.44.